The van der Waals surface area contributed by atoms with Gasteiger partial charge in [-0.05, 0) is 36.8 Å². The van der Waals surface area contributed by atoms with Crippen LogP contribution in [0.2, 0.25) is 10.0 Å². The van der Waals surface area contributed by atoms with Crippen LogP contribution in [0, 0.1) is 0 Å². The fourth-order valence-electron chi connectivity index (χ4n) is 2.12. The number of sulfone groups is 1. The van der Waals surface area contributed by atoms with Crippen LogP contribution in [0.15, 0.2) is 47.4 Å². The van der Waals surface area contributed by atoms with Crippen molar-refractivity contribution in [2.24, 2.45) is 0 Å². The molecule has 0 saturated carbocycles. The lowest BCUT2D eigenvalue weighted by molar-refractivity contribution is 0.0936. The molecule has 1 unspecified atom stereocenters. The second-order valence-electron chi connectivity index (χ2n) is 5.14. The number of halogens is 2. The van der Waals surface area contributed by atoms with Gasteiger partial charge in [0.1, 0.15) is 0 Å². The molecule has 0 aromatic heterocycles. The van der Waals surface area contributed by atoms with Gasteiger partial charge in [0.05, 0.1) is 26.5 Å². The van der Waals surface area contributed by atoms with Gasteiger partial charge in [0.15, 0.2) is 9.84 Å². The molecule has 0 aliphatic carbocycles. The van der Waals surface area contributed by atoms with E-state index >= 15 is 0 Å². The van der Waals surface area contributed by atoms with Gasteiger partial charge in [-0.15, -0.1) is 0 Å². The summed E-state index contributed by atoms with van der Waals surface area (Å²) >= 11 is 11.8. The molecule has 1 atom stereocenters. The van der Waals surface area contributed by atoms with E-state index in [1.807, 2.05) is 0 Å². The molecule has 2 rings (SSSR count). The summed E-state index contributed by atoms with van der Waals surface area (Å²) in [5.41, 5.74) is 0.881. The number of rotatable bonds is 4. The summed E-state index contributed by atoms with van der Waals surface area (Å²) in [6, 6.07) is 10.8. The van der Waals surface area contributed by atoms with Crippen LogP contribution in [-0.2, 0) is 9.84 Å². The summed E-state index contributed by atoms with van der Waals surface area (Å²) in [6.07, 6.45) is 1.07. The maximum atomic E-state index is 12.4. The van der Waals surface area contributed by atoms with Crippen LogP contribution in [0.4, 0.5) is 0 Å². The van der Waals surface area contributed by atoms with Gasteiger partial charge >= 0.3 is 0 Å². The molecule has 0 fully saturated rings. The zero-order valence-corrected chi connectivity index (χ0v) is 14.8. The molecular weight excluding hydrogens is 357 g/mol. The Bertz CT molecular complexity index is 850. The van der Waals surface area contributed by atoms with Crippen molar-refractivity contribution >= 4 is 38.9 Å². The van der Waals surface area contributed by atoms with Crippen molar-refractivity contribution in [2.45, 2.75) is 17.9 Å². The molecule has 2 aromatic rings. The summed E-state index contributed by atoms with van der Waals surface area (Å²) in [5, 5.41) is 3.58. The highest BCUT2D eigenvalue weighted by atomic mass is 35.5. The molecule has 4 nitrogen and oxygen atoms in total. The lowest BCUT2D eigenvalue weighted by Gasteiger charge is -2.16. The van der Waals surface area contributed by atoms with Gasteiger partial charge in [0.2, 0.25) is 0 Å². The summed E-state index contributed by atoms with van der Waals surface area (Å²) < 4.78 is 23.6. The van der Waals surface area contributed by atoms with E-state index in [4.69, 9.17) is 23.2 Å². The Hall–Kier alpha value is -1.56. The SMILES string of the molecule is CC(NC(=O)c1ccccc1S(C)(=O)=O)c1ccc(Cl)c(Cl)c1. The molecule has 0 aliphatic heterocycles. The van der Waals surface area contributed by atoms with E-state index in [0.717, 1.165) is 11.8 Å². The van der Waals surface area contributed by atoms with Gasteiger partial charge in [-0.25, -0.2) is 8.42 Å². The van der Waals surface area contributed by atoms with Crippen molar-refractivity contribution in [1.29, 1.82) is 0 Å². The topological polar surface area (TPSA) is 63.2 Å². The highest BCUT2D eigenvalue weighted by molar-refractivity contribution is 7.90. The zero-order chi connectivity index (χ0) is 17.2. The van der Waals surface area contributed by atoms with Gasteiger partial charge in [0, 0.05) is 6.26 Å². The third-order valence-electron chi connectivity index (χ3n) is 3.32. The van der Waals surface area contributed by atoms with Crippen LogP contribution in [-0.4, -0.2) is 20.6 Å². The first kappa shape index (κ1) is 17.8. The molecule has 0 aliphatic rings. The molecule has 0 radical (unpaired) electrons. The Morgan fingerprint density at radius 1 is 1.09 bits per heavy atom. The number of amides is 1. The van der Waals surface area contributed by atoms with E-state index in [1.165, 1.54) is 12.1 Å². The molecular formula is C16H15Cl2NO3S. The van der Waals surface area contributed by atoms with Crippen LogP contribution in [0.1, 0.15) is 28.9 Å². The molecule has 0 saturated heterocycles. The molecule has 0 heterocycles. The first-order valence-corrected chi connectivity index (χ1v) is 9.40. The van der Waals surface area contributed by atoms with Crippen LogP contribution in [0.25, 0.3) is 0 Å². The van der Waals surface area contributed by atoms with E-state index in [9.17, 15) is 13.2 Å². The van der Waals surface area contributed by atoms with Crippen molar-refractivity contribution in [1.82, 2.24) is 5.32 Å². The predicted octanol–water partition coefficient (Wildman–Crippen LogP) is 3.89. The number of benzene rings is 2. The van der Waals surface area contributed by atoms with Crippen molar-refractivity contribution < 1.29 is 13.2 Å². The number of carbonyl (C=O) groups is 1. The maximum absolute atomic E-state index is 12.4. The Morgan fingerprint density at radius 2 is 1.74 bits per heavy atom. The van der Waals surface area contributed by atoms with Gasteiger partial charge in [0.25, 0.3) is 5.91 Å². The highest BCUT2D eigenvalue weighted by Gasteiger charge is 2.20. The van der Waals surface area contributed by atoms with E-state index in [2.05, 4.69) is 5.32 Å². The largest absolute Gasteiger partial charge is 0.345 e. The van der Waals surface area contributed by atoms with E-state index in [0.29, 0.717) is 10.0 Å². The predicted molar refractivity (Wildman–Crippen MR) is 91.9 cm³/mol. The van der Waals surface area contributed by atoms with E-state index < -0.39 is 15.7 Å². The first-order valence-electron chi connectivity index (χ1n) is 6.75. The van der Waals surface area contributed by atoms with Crippen LogP contribution < -0.4 is 5.32 Å². The van der Waals surface area contributed by atoms with Crippen molar-refractivity contribution in [3.05, 3.63) is 63.6 Å². The fraction of sp³-hybridized carbons (Fsp3) is 0.188. The zero-order valence-electron chi connectivity index (χ0n) is 12.5. The second-order valence-corrected chi connectivity index (χ2v) is 7.94. The van der Waals surface area contributed by atoms with Gasteiger partial charge < -0.3 is 5.32 Å². The molecule has 23 heavy (non-hydrogen) atoms. The lowest BCUT2D eigenvalue weighted by Crippen LogP contribution is -2.28. The molecule has 0 bridgehead atoms. The smallest absolute Gasteiger partial charge is 0.253 e. The Labute approximate surface area is 145 Å². The summed E-state index contributed by atoms with van der Waals surface area (Å²) in [4.78, 5) is 12.4. The van der Waals surface area contributed by atoms with Crippen molar-refractivity contribution in [3.8, 4) is 0 Å². The van der Waals surface area contributed by atoms with Gasteiger partial charge in [-0.2, -0.15) is 0 Å². The standard InChI is InChI=1S/C16H15Cl2NO3S/c1-10(11-7-8-13(17)14(18)9-11)19-16(20)12-5-3-4-6-15(12)23(2,21)22/h3-10H,1-2H3,(H,19,20). The maximum Gasteiger partial charge on any atom is 0.253 e. The fourth-order valence-corrected chi connectivity index (χ4v) is 3.31. The highest BCUT2D eigenvalue weighted by Crippen LogP contribution is 2.26. The lowest BCUT2D eigenvalue weighted by atomic mass is 10.1. The molecule has 2 aromatic carbocycles. The molecule has 1 amide bonds. The minimum Gasteiger partial charge on any atom is -0.345 e. The Kier molecular flexibility index (Phi) is 5.34. The molecule has 0 spiro atoms. The minimum absolute atomic E-state index is 0.00108. The Morgan fingerprint density at radius 3 is 2.35 bits per heavy atom. The normalized spacial score (nSPS) is 12.7. The van der Waals surface area contributed by atoms with E-state index in [-0.39, 0.29) is 16.5 Å². The average molecular weight is 372 g/mol. The van der Waals surface area contributed by atoms with Crippen LogP contribution in [0.5, 0.6) is 0 Å². The minimum atomic E-state index is -3.49. The third-order valence-corrected chi connectivity index (χ3v) is 5.22. The quantitative estimate of drug-likeness (QED) is 0.886. The second kappa shape index (κ2) is 6.91. The Balaban J connectivity index is 2.27. The third kappa shape index (κ3) is 4.25. The van der Waals surface area contributed by atoms with Crippen molar-refractivity contribution in [3.63, 3.8) is 0 Å². The van der Waals surface area contributed by atoms with Gasteiger partial charge in [-0.1, -0.05) is 41.4 Å². The average Bonchev–Trinajstić information content (AvgIpc) is 2.49. The molecule has 1 N–H and O–H groups in total. The van der Waals surface area contributed by atoms with E-state index in [1.54, 1.807) is 37.3 Å². The molecule has 7 heteroatoms. The van der Waals surface area contributed by atoms with Crippen LogP contribution >= 0.6 is 23.2 Å². The summed E-state index contributed by atoms with van der Waals surface area (Å²) in [5.74, 6) is -0.468. The number of nitrogens with one attached hydrogen (secondary N) is 1. The number of carbonyl (C=O) groups excluding carboxylic acids is 1. The summed E-state index contributed by atoms with van der Waals surface area (Å²) in [6.45, 7) is 1.78. The van der Waals surface area contributed by atoms with Gasteiger partial charge in [-0.3, -0.25) is 4.79 Å². The van der Waals surface area contributed by atoms with Crippen LogP contribution in [0.3, 0.4) is 0 Å². The molecule has 122 valence electrons. The number of hydrogen-bond acceptors (Lipinski definition) is 3. The van der Waals surface area contributed by atoms with Crippen molar-refractivity contribution in [2.75, 3.05) is 6.26 Å². The summed E-state index contributed by atoms with van der Waals surface area (Å²) in [7, 11) is -3.49. The first-order chi connectivity index (χ1) is 10.7. The monoisotopic (exact) mass is 371 g/mol. The number of hydrogen-bond donors (Lipinski definition) is 1.